The second-order valence-corrected chi connectivity index (χ2v) is 7.60. The SMILES string of the molecule is CN(C[C@H]1COc2ccccc2O1)C(=O)CSc1nnc(-c2ccncc2)n1C. The molecule has 9 heteroatoms. The van der Waals surface area contributed by atoms with E-state index in [0.717, 1.165) is 17.1 Å². The van der Waals surface area contributed by atoms with Crippen LogP contribution in [0.5, 0.6) is 11.5 Å². The normalized spacial score (nSPS) is 15.2. The molecule has 0 saturated heterocycles. The monoisotopic (exact) mass is 411 g/mol. The van der Waals surface area contributed by atoms with Gasteiger partial charge in [0, 0.05) is 32.1 Å². The molecule has 0 fully saturated rings. The number of nitrogens with zero attached hydrogens (tertiary/aromatic N) is 5. The van der Waals surface area contributed by atoms with Gasteiger partial charge in [-0.15, -0.1) is 10.2 Å². The van der Waals surface area contributed by atoms with Crippen molar-refractivity contribution in [2.45, 2.75) is 11.3 Å². The fourth-order valence-corrected chi connectivity index (χ4v) is 3.84. The number of ether oxygens (including phenoxy) is 2. The van der Waals surface area contributed by atoms with Crippen molar-refractivity contribution in [3.8, 4) is 22.9 Å². The molecule has 1 aromatic carbocycles. The summed E-state index contributed by atoms with van der Waals surface area (Å²) in [5.41, 5.74) is 0.931. The third kappa shape index (κ3) is 4.34. The number of hydrogen-bond donors (Lipinski definition) is 0. The van der Waals surface area contributed by atoms with E-state index in [1.165, 1.54) is 11.8 Å². The topological polar surface area (TPSA) is 82.4 Å². The molecule has 0 spiro atoms. The van der Waals surface area contributed by atoms with E-state index in [1.54, 1.807) is 24.3 Å². The zero-order valence-corrected chi connectivity index (χ0v) is 17.0. The average molecular weight is 411 g/mol. The highest BCUT2D eigenvalue weighted by Gasteiger charge is 2.24. The molecule has 0 radical (unpaired) electrons. The number of amides is 1. The van der Waals surface area contributed by atoms with Gasteiger partial charge >= 0.3 is 0 Å². The summed E-state index contributed by atoms with van der Waals surface area (Å²) in [7, 11) is 3.66. The zero-order valence-electron chi connectivity index (χ0n) is 16.2. The standard InChI is InChI=1S/C20H21N5O3S/c1-24(11-15-12-27-16-5-3-4-6-17(16)28-15)18(26)13-29-20-23-22-19(25(20)2)14-7-9-21-10-8-14/h3-10,15H,11-13H2,1-2H3/t15-/m0/s1. The van der Waals surface area contributed by atoms with Gasteiger partial charge in [0.1, 0.15) is 6.61 Å². The molecule has 1 aliphatic heterocycles. The van der Waals surface area contributed by atoms with Crippen LogP contribution in [0.25, 0.3) is 11.4 Å². The first-order valence-electron chi connectivity index (χ1n) is 9.17. The molecule has 150 valence electrons. The van der Waals surface area contributed by atoms with Crippen LogP contribution in [0.15, 0.2) is 53.9 Å². The highest BCUT2D eigenvalue weighted by molar-refractivity contribution is 7.99. The minimum atomic E-state index is -0.197. The van der Waals surface area contributed by atoms with Crippen LogP contribution >= 0.6 is 11.8 Å². The molecule has 3 aromatic rings. The van der Waals surface area contributed by atoms with Crippen molar-refractivity contribution in [1.29, 1.82) is 0 Å². The summed E-state index contributed by atoms with van der Waals surface area (Å²) in [6.07, 6.45) is 3.23. The van der Waals surface area contributed by atoms with E-state index in [1.807, 2.05) is 48.0 Å². The van der Waals surface area contributed by atoms with Gasteiger partial charge in [-0.1, -0.05) is 23.9 Å². The second kappa shape index (κ2) is 8.52. The Hall–Kier alpha value is -3.07. The molecule has 0 unspecified atom stereocenters. The van der Waals surface area contributed by atoms with E-state index >= 15 is 0 Å². The first-order valence-corrected chi connectivity index (χ1v) is 10.2. The first-order chi connectivity index (χ1) is 14.1. The Bertz CT molecular complexity index is 995. The molecule has 8 nitrogen and oxygen atoms in total. The van der Waals surface area contributed by atoms with Gasteiger partial charge in [-0.3, -0.25) is 9.78 Å². The van der Waals surface area contributed by atoms with Crippen LogP contribution in [0.4, 0.5) is 0 Å². The molecule has 3 heterocycles. The molecule has 1 amide bonds. The average Bonchev–Trinajstić information content (AvgIpc) is 3.12. The van der Waals surface area contributed by atoms with Gasteiger partial charge in [0.05, 0.1) is 12.3 Å². The molecule has 0 aliphatic carbocycles. The van der Waals surface area contributed by atoms with Gasteiger partial charge in [0.25, 0.3) is 0 Å². The second-order valence-electron chi connectivity index (χ2n) is 6.66. The highest BCUT2D eigenvalue weighted by Crippen LogP contribution is 2.31. The Kier molecular flexibility index (Phi) is 5.66. The predicted molar refractivity (Wildman–Crippen MR) is 109 cm³/mol. The lowest BCUT2D eigenvalue weighted by molar-refractivity contribution is -0.128. The van der Waals surface area contributed by atoms with Crippen molar-refractivity contribution in [1.82, 2.24) is 24.6 Å². The van der Waals surface area contributed by atoms with Crippen LogP contribution in [-0.2, 0) is 11.8 Å². The fourth-order valence-electron chi connectivity index (χ4n) is 2.99. The number of rotatable bonds is 6. The van der Waals surface area contributed by atoms with Crippen LogP contribution < -0.4 is 9.47 Å². The summed E-state index contributed by atoms with van der Waals surface area (Å²) in [4.78, 5) is 18.2. The number of fused-ring (bicyclic) bond motifs is 1. The maximum Gasteiger partial charge on any atom is 0.232 e. The Morgan fingerprint density at radius 3 is 2.76 bits per heavy atom. The number of likely N-dealkylation sites (N-methyl/N-ethyl adjacent to an activating group) is 1. The van der Waals surface area contributed by atoms with E-state index in [4.69, 9.17) is 9.47 Å². The van der Waals surface area contributed by atoms with Crippen LogP contribution in [-0.4, -0.2) is 62.6 Å². The molecule has 2 aromatic heterocycles. The number of carbonyl (C=O) groups is 1. The minimum absolute atomic E-state index is 0.00841. The van der Waals surface area contributed by atoms with E-state index in [-0.39, 0.29) is 17.8 Å². The lowest BCUT2D eigenvalue weighted by Gasteiger charge is -2.29. The number of para-hydroxylation sites is 2. The van der Waals surface area contributed by atoms with Gasteiger partial charge in [-0.2, -0.15) is 0 Å². The van der Waals surface area contributed by atoms with Crippen molar-refractivity contribution in [2.24, 2.45) is 7.05 Å². The van der Waals surface area contributed by atoms with Gasteiger partial charge in [-0.05, 0) is 24.3 Å². The van der Waals surface area contributed by atoms with Crippen LogP contribution in [0.2, 0.25) is 0 Å². The Balaban J connectivity index is 1.32. The van der Waals surface area contributed by atoms with Crippen LogP contribution in [0.1, 0.15) is 0 Å². The number of hydrogen-bond acceptors (Lipinski definition) is 7. The molecule has 29 heavy (non-hydrogen) atoms. The van der Waals surface area contributed by atoms with Crippen molar-refractivity contribution in [2.75, 3.05) is 26.0 Å². The summed E-state index contributed by atoms with van der Waals surface area (Å²) in [6.45, 7) is 0.870. The quantitative estimate of drug-likeness (QED) is 0.576. The molecule has 4 rings (SSSR count). The van der Waals surface area contributed by atoms with Crippen LogP contribution in [0.3, 0.4) is 0 Å². The number of benzene rings is 1. The minimum Gasteiger partial charge on any atom is -0.486 e. The largest absolute Gasteiger partial charge is 0.486 e. The maximum absolute atomic E-state index is 12.6. The predicted octanol–water partition coefficient (Wildman–Crippen LogP) is 2.27. The smallest absolute Gasteiger partial charge is 0.232 e. The summed E-state index contributed by atoms with van der Waals surface area (Å²) in [5, 5.41) is 9.12. The van der Waals surface area contributed by atoms with Crippen LogP contribution in [0, 0.1) is 0 Å². The molecule has 0 N–H and O–H groups in total. The summed E-state index contributed by atoms with van der Waals surface area (Å²) in [6, 6.07) is 11.3. The number of carbonyl (C=O) groups excluding carboxylic acids is 1. The molecular formula is C20H21N5O3S. The van der Waals surface area contributed by atoms with Gasteiger partial charge in [-0.25, -0.2) is 0 Å². The zero-order chi connectivity index (χ0) is 20.2. The first kappa shape index (κ1) is 19.3. The number of pyridine rings is 1. The summed E-state index contributed by atoms with van der Waals surface area (Å²) in [5.74, 6) is 2.44. The van der Waals surface area contributed by atoms with Crippen molar-refractivity contribution < 1.29 is 14.3 Å². The maximum atomic E-state index is 12.6. The molecule has 1 atom stereocenters. The Labute approximate surface area is 172 Å². The molecule has 0 bridgehead atoms. The number of thioether (sulfide) groups is 1. The molecule has 1 aliphatic rings. The molecular weight excluding hydrogens is 390 g/mol. The van der Waals surface area contributed by atoms with Crippen molar-refractivity contribution in [3.63, 3.8) is 0 Å². The summed E-state index contributed by atoms with van der Waals surface area (Å²) < 4.78 is 13.5. The lowest BCUT2D eigenvalue weighted by Crippen LogP contribution is -2.42. The van der Waals surface area contributed by atoms with Gasteiger partial charge in [0.2, 0.25) is 5.91 Å². The Morgan fingerprint density at radius 1 is 1.21 bits per heavy atom. The molecule has 0 saturated carbocycles. The lowest BCUT2D eigenvalue weighted by atomic mass is 10.2. The van der Waals surface area contributed by atoms with E-state index in [9.17, 15) is 4.79 Å². The fraction of sp³-hybridized carbons (Fsp3) is 0.300. The number of aromatic nitrogens is 4. The highest BCUT2D eigenvalue weighted by atomic mass is 32.2. The van der Waals surface area contributed by atoms with E-state index in [2.05, 4.69) is 15.2 Å². The van der Waals surface area contributed by atoms with Gasteiger partial charge < -0.3 is 18.9 Å². The third-order valence-corrected chi connectivity index (χ3v) is 5.57. The van der Waals surface area contributed by atoms with Crippen molar-refractivity contribution in [3.05, 3.63) is 48.8 Å². The Morgan fingerprint density at radius 2 is 1.97 bits per heavy atom. The third-order valence-electron chi connectivity index (χ3n) is 4.57. The van der Waals surface area contributed by atoms with E-state index < -0.39 is 0 Å². The van der Waals surface area contributed by atoms with Crippen molar-refractivity contribution >= 4 is 17.7 Å². The summed E-state index contributed by atoms with van der Waals surface area (Å²) >= 11 is 1.36. The van der Waals surface area contributed by atoms with E-state index in [0.29, 0.717) is 24.1 Å². The van der Waals surface area contributed by atoms with Gasteiger partial charge in [0.15, 0.2) is 28.6 Å².